The summed E-state index contributed by atoms with van der Waals surface area (Å²) in [6, 6.07) is 8.14. The zero-order valence-electron chi connectivity index (χ0n) is 15.3. The zero-order valence-corrected chi connectivity index (χ0v) is 16.1. The summed E-state index contributed by atoms with van der Waals surface area (Å²) in [5, 5.41) is 5.86. The number of rotatable bonds is 4. The molecule has 0 radical (unpaired) electrons. The number of fused-ring (bicyclic) bond motifs is 1. The van der Waals surface area contributed by atoms with Gasteiger partial charge in [0.2, 0.25) is 5.91 Å². The van der Waals surface area contributed by atoms with E-state index in [2.05, 4.69) is 10.3 Å². The highest BCUT2D eigenvalue weighted by molar-refractivity contribution is 7.17. The monoisotopic (exact) mass is 382 g/mol. The smallest absolute Gasteiger partial charge is 0.262 e. The van der Waals surface area contributed by atoms with Gasteiger partial charge in [-0.3, -0.25) is 14.2 Å². The molecule has 1 amide bonds. The molecule has 0 unspecified atom stereocenters. The summed E-state index contributed by atoms with van der Waals surface area (Å²) in [4.78, 5) is 32.5. The van der Waals surface area contributed by atoms with E-state index < -0.39 is 0 Å². The molecule has 1 aromatic carbocycles. The van der Waals surface area contributed by atoms with Crippen molar-refractivity contribution in [2.24, 2.45) is 0 Å². The van der Waals surface area contributed by atoms with Crippen LogP contribution in [0.15, 0.2) is 40.8 Å². The number of hydrogen-bond acceptors (Lipinski definition) is 5. The molecule has 3 aromatic rings. The minimum Gasteiger partial charge on any atom is -0.340 e. The number of nitrogens with one attached hydrogen (secondary N) is 1. The SMILES string of the molecule is Cc1ccc(-c2csc3ncn(CCC(=O)N4CCNCC4)c(=O)c23)cc1. The molecule has 0 bridgehead atoms. The van der Waals surface area contributed by atoms with Crippen molar-refractivity contribution in [1.82, 2.24) is 19.8 Å². The number of carbonyl (C=O) groups is 1. The number of piperazine rings is 1. The number of amides is 1. The van der Waals surface area contributed by atoms with Crippen LogP contribution in [0.5, 0.6) is 0 Å². The Hall–Kier alpha value is -2.51. The second kappa shape index (κ2) is 7.62. The molecule has 0 aliphatic carbocycles. The molecule has 1 aliphatic heterocycles. The molecule has 2 aromatic heterocycles. The molecule has 6 nitrogen and oxygen atoms in total. The molecule has 3 heterocycles. The first-order valence-electron chi connectivity index (χ1n) is 9.15. The molecule has 0 saturated carbocycles. The van der Waals surface area contributed by atoms with Crippen LogP contribution in [0.3, 0.4) is 0 Å². The molecule has 0 spiro atoms. The molecule has 27 heavy (non-hydrogen) atoms. The number of aromatic nitrogens is 2. The fraction of sp³-hybridized carbons (Fsp3) is 0.350. The molecule has 7 heteroatoms. The first kappa shape index (κ1) is 17.9. The molecule has 0 atom stereocenters. The lowest BCUT2D eigenvalue weighted by atomic mass is 10.1. The van der Waals surface area contributed by atoms with Crippen molar-refractivity contribution < 1.29 is 4.79 Å². The van der Waals surface area contributed by atoms with E-state index in [-0.39, 0.29) is 11.5 Å². The van der Waals surface area contributed by atoms with Crippen molar-refractivity contribution in [2.45, 2.75) is 19.9 Å². The van der Waals surface area contributed by atoms with Crippen molar-refractivity contribution in [3.05, 3.63) is 51.9 Å². The van der Waals surface area contributed by atoms with Crippen molar-refractivity contribution in [3.63, 3.8) is 0 Å². The lowest BCUT2D eigenvalue weighted by molar-refractivity contribution is -0.132. The highest BCUT2D eigenvalue weighted by Crippen LogP contribution is 2.30. The van der Waals surface area contributed by atoms with E-state index in [1.807, 2.05) is 41.5 Å². The van der Waals surface area contributed by atoms with Crippen LogP contribution in [0.25, 0.3) is 21.3 Å². The lowest BCUT2D eigenvalue weighted by Crippen LogP contribution is -2.46. The second-order valence-electron chi connectivity index (χ2n) is 6.82. The van der Waals surface area contributed by atoms with E-state index in [1.54, 1.807) is 10.9 Å². The highest BCUT2D eigenvalue weighted by Gasteiger charge is 2.17. The Balaban J connectivity index is 1.60. The Bertz CT molecular complexity index is 1020. The second-order valence-corrected chi connectivity index (χ2v) is 7.68. The van der Waals surface area contributed by atoms with Crippen LogP contribution in [-0.4, -0.2) is 46.5 Å². The van der Waals surface area contributed by atoms with E-state index in [9.17, 15) is 9.59 Å². The van der Waals surface area contributed by atoms with Gasteiger partial charge in [-0.15, -0.1) is 11.3 Å². The van der Waals surface area contributed by atoms with Gasteiger partial charge in [-0.05, 0) is 12.5 Å². The topological polar surface area (TPSA) is 67.2 Å². The summed E-state index contributed by atoms with van der Waals surface area (Å²) in [6.45, 7) is 5.51. The summed E-state index contributed by atoms with van der Waals surface area (Å²) >= 11 is 1.48. The van der Waals surface area contributed by atoms with Crippen LogP contribution >= 0.6 is 11.3 Å². The first-order chi connectivity index (χ1) is 13.1. The third-order valence-corrected chi connectivity index (χ3v) is 5.85. The van der Waals surface area contributed by atoms with Gasteiger partial charge in [0.25, 0.3) is 5.56 Å². The molecule has 1 N–H and O–H groups in total. The largest absolute Gasteiger partial charge is 0.340 e. The number of benzene rings is 1. The lowest BCUT2D eigenvalue weighted by Gasteiger charge is -2.27. The van der Waals surface area contributed by atoms with Crippen LogP contribution in [0.2, 0.25) is 0 Å². The number of hydrogen-bond donors (Lipinski definition) is 1. The van der Waals surface area contributed by atoms with E-state index in [4.69, 9.17) is 0 Å². The fourth-order valence-corrected chi connectivity index (χ4v) is 4.27. The third-order valence-electron chi connectivity index (χ3n) is 4.96. The van der Waals surface area contributed by atoms with Gasteiger partial charge in [0.15, 0.2) is 0 Å². The van der Waals surface area contributed by atoms with Crippen molar-refractivity contribution >= 4 is 27.5 Å². The minimum absolute atomic E-state index is 0.0788. The van der Waals surface area contributed by atoms with Gasteiger partial charge in [-0.1, -0.05) is 29.8 Å². The summed E-state index contributed by atoms with van der Waals surface area (Å²) in [6.07, 6.45) is 1.88. The third kappa shape index (κ3) is 3.65. The van der Waals surface area contributed by atoms with Gasteiger partial charge < -0.3 is 10.2 Å². The van der Waals surface area contributed by atoms with Gasteiger partial charge in [0.1, 0.15) is 4.83 Å². The van der Waals surface area contributed by atoms with E-state index in [1.165, 1.54) is 16.9 Å². The van der Waals surface area contributed by atoms with Gasteiger partial charge >= 0.3 is 0 Å². The average Bonchev–Trinajstić information content (AvgIpc) is 3.13. The predicted molar refractivity (Wildman–Crippen MR) is 108 cm³/mol. The molecular weight excluding hydrogens is 360 g/mol. The fourth-order valence-electron chi connectivity index (χ4n) is 3.36. The minimum atomic E-state index is -0.0788. The van der Waals surface area contributed by atoms with Crippen molar-refractivity contribution in [1.29, 1.82) is 0 Å². The molecular formula is C20H22N4O2S. The first-order valence-corrected chi connectivity index (χ1v) is 10.0. The van der Waals surface area contributed by atoms with Crippen LogP contribution in [0.1, 0.15) is 12.0 Å². The molecule has 1 aliphatic rings. The molecule has 1 fully saturated rings. The Morgan fingerprint density at radius 1 is 1.22 bits per heavy atom. The molecule has 4 rings (SSSR count). The van der Waals surface area contributed by atoms with Gasteiger partial charge in [-0.25, -0.2) is 4.98 Å². The van der Waals surface area contributed by atoms with E-state index in [0.29, 0.717) is 18.4 Å². The summed E-state index contributed by atoms with van der Waals surface area (Å²) < 4.78 is 1.56. The average molecular weight is 382 g/mol. The summed E-state index contributed by atoms with van der Waals surface area (Å²) in [5.74, 6) is 0.0903. The maximum atomic E-state index is 13.0. The van der Waals surface area contributed by atoms with Crippen LogP contribution < -0.4 is 10.9 Å². The normalized spacial score (nSPS) is 14.6. The van der Waals surface area contributed by atoms with Gasteiger partial charge in [0, 0.05) is 50.1 Å². The standard InChI is InChI=1S/C20H22N4O2S/c1-14-2-4-15(5-3-14)16-12-27-19-18(16)20(26)24(13-22-19)9-6-17(25)23-10-7-21-8-11-23/h2-5,12-13,21H,6-11H2,1H3. The van der Waals surface area contributed by atoms with Crippen LogP contribution in [-0.2, 0) is 11.3 Å². The number of thiophene rings is 1. The van der Waals surface area contributed by atoms with Gasteiger partial charge in [0.05, 0.1) is 11.7 Å². The number of carbonyl (C=O) groups excluding carboxylic acids is 1. The maximum absolute atomic E-state index is 13.0. The number of nitrogens with zero attached hydrogens (tertiary/aromatic N) is 3. The Labute approximate surface area is 161 Å². The van der Waals surface area contributed by atoms with E-state index in [0.717, 1.165) is 42.1 Å². The molecule has 140 valence electrons. The summed E-state index contributed by atoms with van der Waals surface area (Å²) in [5.41, 5.74) is 3.03. The highest BCUT2D eigenvalue weighted by atomic mass is 32.1. The van der Waals surface area contributed by atoms with Crippen LogP contribution in [0, 0.1) is 6.92 Å². The Kier molecular flexibility index (Phi) is 5.05. The van der Waals surface area contributed by atoms with Crippen LogP contribution in [0.4, 0.5) is 0 Å². The zero-order chi connectivity index (χ0) is 18.8. The van der Waals surface area contributed by atoms with Gasteiger partial charge in [-0.2, -0.15) is 0 Å². The molecule has 1 saturated heterocycles. The quantitative estimate of drug-likeness (QED) is 0.752. The maximum Gasteiger partial charge on any atom is 0.262 e. The number of aryl methyl sites for hydroxylation is 2. The summed E-state index contributed by atoms with van der Waals surface area (Å²) in [7, 11) is 0. The van der Waals surface area contributed by atoms with Crippen molar-refractivity contribution in [2.75, 3.05) is 26.2 Å². The predicted octanol–water partition coefficient (Wildman–Crippen LogP) is 2.26. The Morgan fingerprint density at radius 3 is 2.70 bits per heavy atom. The van der Waals surface area contributed by atoms with E-state index >= 15 is 0 Å². The Morgan fingerprint density at radius 2 is 1.96 bits per heavy atom. The van der Waals surface area contributed by atoms with Crippen molar-refractivity contribution in [3.8, 4) is 11.1 Å².